The van der Waals surface area contributed by atoms with Crippen LogP contribution in [0.15, 0.2) is 60.2 Å². The molecule has 0 bridgehead atoms. The fourth-order valence-corrected chi connectivity index (χ4v) is 5.49. The number of nitrogens with zero attached hydrogens (tertiary/aromatic N) is 3. The second-order valence-corrected chi connectivity index (χ2v) is 9.76. The van der Waals surface area contributed by atoms with E-state index in [-0.39, 0.29) is 11.9 Å². The zero-order chi connectivity index (χ0) is 22.1. The average molecular weight is 447 g/mol. The van der Waals surface area contributed by atoms with Gasteiger partial charge in [-0.1, -0.05) is 13.0 Å². The minimum absolute atomic E-state index is 0.196. The molecule has 0 spiro atoms. The molecule has 6 heteroatoms. The number of nitrogens with two attached hydrogens (primary N) is 1. The molecule has 0 radical (unpaired) electrons. The zero-order valence-electron chi connectivity index (χ0n) is 18.2. The zero-order valence-corrected chi connectivity index (χ0v) is 19.0. The van der Waals surface area contributed by atoms with Gasteiger partial charge in [0.1, 0.15) is 11.5 Å². The molecule has 2 atom stereocenters. The van der Waals surface area contributed by atoms with Crippen molar-refractivity contribution in [2.24, 2.45) is 11.7 Å². The molecule has 4 nitrogen and oxygen atoms in total. The largest absolute Gasteiger partial charge is 0.369 e. The van der Waals surface area contributed by atoms with Crippen LogP contribution in [-0.4, -0.2) is 29.1 Å². The molecule has 1 fully saturated rings. The summed E-state index contributed by atoms with van der Waals surface area (Å²) in [6, 6.07) is 13.7. The predicted octanol–water partition coefficient (Wildman–Crippen LogP) is 5.46. The van der Waals surface area contributed by atoms with Gasteiger partial charge in [-0.25, -0.2) is 9.37 Å². The molecule has 0 amide bonds. The van der Waals surface area contributed by atoms with Crippen molar-refractivity contribution in [3.05, 3.63) is 77.3 Å². The lowest BCUT2D eigenvalue weighted by atomic mass is 9.95. The van der Waals surface area contributed by atoms with Crippen LogP contribution < -0.4 is 10.6 Å². The number of pyridine rings is 2. The van der Waals surface area contributed by atoms with Gasteiger partial charge < -0.3 is 10.6 Å². The van der Waals surface area contributed by atoms with E-state index in [1.165, 1.54) is 22.0 Å². The second-order valence-electron chi connectivity index (χ2n) is 8.82. The van der Waals surface area contributed by atoms with Crippen molar-refractivity contribution in [2.75, 3.05) is 18.0 Å². The first kappa shape index (κ1) is 21.0. The third-order valence-electron chi connectivity index (χ3n) is 6.19. The summed E-state index contributed by atoms with van der Waals surface area (Å²) in [5.74, 6) is 0.281. The quantitative estimate of drug-likeness (QED) is 0.443. The van der Waals surface area contributed by atoms with Crippen molar-refractivity contribution >= 4 is 27.1 Å². The summed E-state index contributed by atoms with van der Waals surface area (Å²) in [5.41, 5.74) is 10.8. The number of fused-ring (bicyclic) bond motifs is 1. The van der Waals surface area contributed by atoms with Crippen LogP contribution in [0.25, 0.3) is 21.3 Å². The van der Waals surface area contributed by atoms with Crippen LogP contribution in [0.4, 0.5) is 10.1 Å². The molecule has 0 saturated carbocycles. The van der Waals surface area contributed by atoms with Gasteiger partial charge in [0.05, 0.1) is 0 Å². The summed E-state index contributed by atoms with van der Waals surface area (Å²) in [4.78, 5) is 11.4. The molecular weight excluding hydrogens is 419 g/mol. The molecule has 5 rings (SSSR count). The molecule has 0 unspecified atom stereocenters. The highest BCUT2D eigenvalue weighted by molar-refractivity contribution is 7.17. The SMILES string of the molecule is C[C@@H]1C[C@H](N)CN(c2ccncc2CCc2ccc(F)c(-c3ccc4sccc4c3)n2)C1. The molecule has 2 N–H and O–H groups in total. The smallest absolute Gasteiger partial charge is 0.149 e. The Bertz CT molecular complexity index is 1230. The van der Waals surface area contributed by atoms with E-state index in [4.69, 9.17) is 5.73 Å². The lowest BCUT2D eigenvalue weighted by Crippen LogP contribution is -2.46. The van der Waals surface area contributed by atoms with Crippen molar-refractivity contribution < 1.29 is 4.39 Å². The molecular formula is C26H27FN4S. The number of aromatic nitrogens is 2. The molecule has 4 heterocycles. The van der Waals surface area contributed by atoms with Crippen molar-refractivity contribution in [1.82, 2.24) is 9.97 Å². The van der Waals surface area contributed by atoms with Crippen LogP contribution in [0.1, 0.15) is 24.6 Å². The summed E-state index contributed by atoms with van der Waals surface area (Å²) >= 11 is 1.69. The molecule has 1 aliphatic heterocycles. The minimum Gasteiger partial charge on any atom is -0.369 e. The van der Waals surface area contributed by atoms with Crippen LogP contribution in [0.3, 0.4) is 0 Å². The first-order valence-electron chi connectivity index (χ1n) is 11.1. The van der Waals surface area contributed by atoms with E-state index >= 15 is 0 Å². The van der Waals surface area contributed by atoms with E-state index in [0.717, 1.165) is 49.0 Å². The monoisotopic (exact) mass is 446 g/mol. The van der Waals surface area contributed by atoms with Gasteiger partial charge in [0.25, 0.3) is 0 Å². The lowest BCUT2D eigenvalue weighted by Gasteiger charge is -2.37. The van der Waals surface area contributed by atoms with Gasteiger partial charge in [0.2, 0.25) is 0 Å². The van der Waals surface area contributed by atoms with E-state index in [1.807, 2.05) is 30.6 Å². The average Bonchev–Trinajstić information content (AvgIpc) is 3.26. The van der Waals surface area contributed by atoms with Gasteiger partial charge in [-0.15, -0.1) is 11.3 Å². The Morgan fingerprint density at radius 3 is 2.91 bits per heavy atom. The predicted molar refractivity (Wildman–Crippen MR) is 131 cm³/mol. The number of aryl methyl sites for hydroxylation is 2. The number of benzene rings is 1. The van der Waals surface area contributed by atoms with E-state index in [0.29, 0.717) is 11.6 Å². The molecule has 1 saturated heterocycles. The minimum atomic E-state index is -0.290. The second kappa shape index (κ2) is 8.96. The molecule has 1 aliphatic rings. The highest BCUT2D eigenvalue weighted by Gasteiger charge is 2.24. The number of hydrogen-bond donors (Lipinski definition) is 1. The Labute approximate surface area is 191 Å². The maximum atomic E-state index is 14.6. The van der Waals surface area contributed by atoms with Gasteiger partial charge in [0.15, 0.2) is 0 Å². The molecule has 3 aromatic heterocycles. The summed E-state index contributed by atoms with van der Waals surface area (Å²) in [6.45, 7) is 4.13. The number of thiophene rings is 1. The third kappa shape index (κ3) is 4.38. The lowest BCUT2D eigenvalue weighted by molar-refractivity contribution is 0.401. The summed E-state index contributed by atoms with van der Waals surface area (Å²) in [7, 11) is 0. The van der Waals surface area contributed by atoms with Gasteiger partial charge in [0, 0.05) is 53.2 Å². The van der Waals surface area contributed by atoms with Crippen molar-refractivity contribution in [1.29, 1.82) is 0 Å². The van der Waals surface area contributed by atoms with E-state index in [9.17, 15) is 4.39 Å². The summed E-state index contributed by atoms with van der Waals surface area (Å²) < 4.78 is 15.8. The fourth-order valence-electron chi connectivity index (χ4n) is 4.72. The number of rotatable bonds is 5. The van der Waals surface area contributed by atoms with Crippen molar-refractivity contribution in [3.8, 4) is 11.3 Å². The Morgan fingerprint density at radius 2 is 2.03 bits per heavy atom. The Morgan fingerprint density at radius 1 is 1.12 bits per heavy atom. The van der Waals surface area contributed by atoms with Gasteiger partial charge in [-0.2, -0.15) is 0 Å². The topological polar surface area (TPSA) is 55.0 Å². The van der Waals surface area contributed by atoms with Gasteiger partial charge in [-0.3, -0.25) is 4.98 Å². The maximum Gasteiger partial charge on any atom is 0.149 e. The number of halogens is 1. The van der Waals surface area contributed by atoms with Crippen LogP contribution >= 0.6 is 11.3 Å². The number of anilines is 1. The normalized spacial score (nSPS) is 18.9. The van der Waals surface area contributed by atoms with E-state index in [2.05, 4.69) is 39.3 Å². The molecule has 164 valence electrons. The Kier molecular flexibility index (Phi) is 5.89. The molecule has 0 aliphatic carbocycles. The van der Waals surface area contributed by atoms with Gasteiger partial charge >= 0.3 is 0 Å². The molecule has 32 heavy (non-hydrogen) atoms. The highest BCUT2D eigenvalue weighted by Crippen LogP contribution is 2.29. The van der Waals surface area contributed by atoms with Crippen LogP contribution in [-0.2, 0) is 12.8 Å². The molecule has 1 aromatic carbocycles. The summed E-state index contributed by atoms with van der Waals surface area (Å²) in [6.07, 6.45) is 6.37. The Balaban J connectivity index is 1.37. The first-order valence-corrected chi connectivity index (χ1v) is 12.0. The Hall–Kier alpha value is -2.83. The first-order chi connectivity index (χ1) is 15.6. The van der Waals surface area contributed by atoms with Crippen LogP contribution in [0.2, 0.25) is 0 Å². The van der Waals surface area contributed by atoms with E-state index < -0.39 is 0 Å². The van der Waals surface area contributed by atoms with Crippen LogP contribution in [0.5, 0.6) is 0 Å². The number of piperidine rings is 1. The standard InChI is InChI=1S/C26H27FN4S/c1-17-12-21(28)16-31(15-17)24-8-10-29-14-20(24)2-4-22-5-6-23(27)26(30-22)19-3-7-25-18(13-19)9-11-32-25/h3,5-11,13-14,17,21H,2,4,12,15-16,28H2,1H3/t17-,21+/m1/s1. The van der Waals surface area contributed by atoms with E-state index in [1.54, 1.807) is 17.4 Å². The maximum absolute atomic E-state index is 14.6. The highest BCUT2D eigenvalue weighted by atomic mass is 32.1. The molecule has 4 aromatic rings. The summed E-state index contributed by atoms with van der Waals surface area (Å²) in [5, 5.41) is 3.17. The van der Waals surface area contributed by atoms with Crippen molar-refractivity contribution in [3.63, 3.8) is 0 Å². The van der Waals surface area contributed by atoms with Crippen LogP contribution in [0, 0.1) is 11.7 Å². The van der Waals surface area contributed by atoms with Crippen molar-refractivity contribution in [2.45, 2.75) is 32.2 Å². The fraction of sp³-hybridized carbons (Fsp3) is 0.308. The van der Waals surface area contributed by atoms with Gasteiger partial charge in [-0.05, 0) is 77.9 Å². The third-order valence-corrected chi connectivity index (χ3v) is 7.09. The number of hydrogen-bond acceptors (Lipinski definition) is 5.